The maximum atomic E-state index is 13.8. The van der Waals surface area contributed by atoms with Crippen LogP contribution in [0.5, 0.6) is 0 Å². The van der Waals surface area contributed by atoms with Crippen molar-refractivity contribution in [2.75, 3.05) is 31.1 Å². The highest BCUT2D eigenvalue weighted by Gasteiger charge is 2.57. The van der Waals surface area contributed by atoms with Crippen LogP contribution in [-0.2, 0) is 4.79 Å². The van der Waals surface area contributed by atoms with Crippen molar-refractivity contribution in [2.45, 2.75) is 19.3 Å². The summed E-state index contributed by atoms with van der Waals surface area (Å²) < 4.78 is 27.1. The van der Waals surface area contributed by atoms with Crippen LogP contribution in [0.3, 0.4) is 0 Å². The Morgan fingerprint density at radius 1 is 1.05 bits per heavy atom. The summed E-state index contributed by atoms with van der Waals surface area (Å²) in [5.74, 6) is 0.969. The van der Waals surface area contributed by atoms with E-state index in [-0.39, 0.29) is 11.8 Å². The number of amides is 1. The maximum absolute atomic E-state index is 13.8. The molecule has 0 spiro atoms. The van der Waals surface area contributed by atoms with E-state index in [1.54, 1.807) is 0 Å². The van der Waals surface area contributed by atoms with E-state index < -0.39 is 11.6 Å². The van der Waals surface area contributed by atoms with Crippen LogP contribution in [-0.4, -0.2) is 37.0 Å². The molecule has 0 radical (unpaired) electrons. The molecule has 3 nitrogen and oxygen atoms in total. The second-order valence-corrected chi connectivity index (χ2v) is 6.69. The quantitative estimate of drug-likeness (QED) is 0.838. The fourth-order valence-corrected chi connectivity index (χ4v) is 4.29. The van der Waals surface area contributed by atoms with Gasteiger partial charge in [-0.2, -0.15) is 0 Å². The van der Waals surface area contributed by atoms with E-state index >= 15 is 0 Å². The lowest BCUT2D eigenvalue weighted by Crippen LogP contribution is -2.49. The minimum atomic E-state index is -0.430. The van der Waals surface area contributed by atoms with Gasteiger partial charge >= 0.3 is 0 Å². The molecule has 4 rings (SSSR count). The number of piperazine rings is 1. The number of hydrogen-bond donors (Lipinski definition) is 0. The first kappa shape index (κ1) is 14.0. The number of nitrogens with zero attached hydrogens (tertiary/aromatic N) is 2. The van der Waals surface area contributed by atoms with Crippen LogP contribution in [0.1, 0.15) is 19.3 Å². The average Bonchev–Trinajstić information content (AvgIpc) is 3.01. The summed E-state index contributed by atoms with van der Waals surface area (Å²) in [6.07, 6.45) is 3.68. The smallest absolute Gasteiger partial charge is 0.226 e. The van der Waals surface area contributed by atoms with Crippen LogP contribution in [0.25, 0.3) is 0 Å². The molecular formula is C17H20F2N2O. The van der Waals surface area contributed by atoms with Crippen LogP contribution in [0, 0.1) is 29.4 Å². The predicted octanol–water partition coefficient (Wildman–Crippen LogP) is 2.66. The summed E-state index contributed by atoms with van der Waals surface area (Å²) in [6.45, 7) is 2.33. The van der Waals surface area contributed by atoms with Gasteiger partial charge in [0.25, 0.3) is 0 Å². The molecule has 0 aromatic heterocycles. The first-order valence-corrected chi connectivity index (χ1v) is 8.14. The van der Waals surface area contributed by atoms with Gasteiger partial charge in [0.1, 0.15) is 11.6 Å². The van der Waals surface area contributed by atoms with E-state index in [0.717, 1.165) is 12.1 Å². The Morgan fingerprint density at radius 3 is 2.41 bits per heavy atom. The van der Waals surface area contributed by atoms with Gasteiger partial charge in [-0.15, -0.1) is 0 Å². The molecule has 1 aliphatic heterocycles. The Kier molecular flexibility index (Phi) is 3.31. The second-order valence-electron chi connectivity index (χ2n) is 6.69. The molecule has 118 valence electrons. The van der Waals surface area contributed by atoms with E-state index in [0.29, 0.717) is 43.7 Å². The van der Waals surface area contributed by atoms with Gasteiger partial charge < -0.3 is 9.80 Å². The van der Waals surface area contributed by atoms with Crippen molar-refractivity contribution in [3.05, 3.63) is 29.8 Å². The Balaban J connectivity index is 1.38. The standard InChI is InChI=1S/C17H20F2N2O/c18-11-4-5-14(19)15(10-11)20-6-8-21(9-7-20)17(22)16-12-2-1-3-13(12)16/h4-5,10,12-13,16H,1-3,6-9H2/t12-,13+,16?. The van der Waals surface area contributed by atoms with Crippen molar-refractivity contribution >= 4 is 11.6 Å². The van der Waals surface area contributed by atoms with Crippen molar-refractivity contribution in [1.82, 2.24) is 4.90 Å². The van der Waals surface area contributed by atoms with E-state index in [1.807, 2.05) is 9.80 Å². The van der Waals surface area contributed by atoms with Crippen molar-refractivity contribution in [3.8, 4) is 0 Å². The average molecular weight is 306 g/mol. The molecule has 3 aliphatic rings. The lowest BCUT2D eigenvalue weighted by Gasteiger charge is -2.36. The van der Waals surface area contributed by atoms with Gasteiger partial charge in [0.05, 0.1) is 5.69 Å². The molecule has 3 atom stereocenters. The molecule has 1 saturated heterocycles. The molecule has 3 fully saturated rings. The second kappa shape index (κ2) is 5.21. The Hall–Kier alpha value is -1.65. The van der Waals surface area contributed by atoms with Crippen LogP contribution in [0.15, 0.2) is 18.2 Å². The highest BCUT2D eigenvalue weighted by Crippen LogP contribution is 2.58. The van der Waals surface area contributed by atoms with Crippen molar-refractivity contribution in [3.63, 3.8) is 0 Å². The molecule has 22 heavy (non-hydrogen) atoms. The van der Waals surface area contributed by atoms with Crippen LogP contribution >= 0.6 is 0 Å². The number of carbonyl (C=O) groups is 1. The van der Waals surface area contributed by atoms with E-state index in [1.165, 1.54) is 25.3 Å². The molecule has 0 N–H and O–H groups in total. The Morgan fingerprint density at radius 2 is 1.73 bits per heavy atom. The van der Waals surface area contributed by atoms with Gasteiger partial charge in [-0.05, 0) is 36.8 Å². The molecule has 2 saturated carbocycles. The fraction of sp³-hybridized carbons (Fsp3) is 0.588. The number of hydrogen-bond acceptors (Lipinski definition) is 2. The Labute approximate surface area is 128 Å². The zero-order valence-electron chi connectivity index (χ0n) is 12.5. The molecule has 0 bridgehead atoms. The third kappa shape index (κ3) is 2.27. The summed E-state index contributed by atoms with van der Waals surface area (Å²) in [5, 5.41) is 0. The van der Waals surface area contributed by atoms with Gasteiger partial charge in [-0.1, -0.05) is 6.42 Å². The SMILES string of the molecule is O=C(C1[C@H]2CCC[C@@H]12)N1CCN(c2cc(F)ccc2F)CC1. The number of anilines is 1. The van der Waals surface area contributed by atoms with Crippen molar-refractivity contribution in [1.29, 1.82) is 0 Å². The summed E-state index contributed by atoms with van der Waals surface area (Å²) in [5.41, 5.74) is 0.301. The largest absolute Gasteiger partial charge is 0.366 e. The molecule has 1 heterocycles. The fourth-order valence-electron chi connectivity index (χ4n) is 4.29. The normalized spacial score (nSPS) is 30.4. The third-order valence-electron chi connectivity index (χ3n) is 5.53. The first-order valence-electron chi connectivity index (χ1n) is 8.14. The zero-order valence-corrected chi connectivity index (χ0v) is 12.5. The minimum Gasteiger partial charge on any atom is -0.366 e. The van der Waals surface area contributed by atoms with Gasteiger partial charge in [0.2, 0.25) is 5.91 Å². The molecule has 2 aliphatic carbocycles. The summed E-state index contributed by atoms with van der Waals surface area (Å²) in [6, 6.07) is 3.52. The molecule has 1 aromatic carbocycles. The first-order chi connectivity index (χ1) is 10.6. The summed E-state index contributed by atoms with van der Waals surface area (Å²) in [4.78, 5) is 16.3. The lowest BCUT2D eigenvalue weighted by atomic mass is 10.1. The maximum Gasteiger partial charge on any atom is 0.226 e. The monoisotopic (exact) mass is 306 g/mol. The lowest BCUT2D eigenvalue weighted by molar-refractivity contribution is -0.133. The third-order valence-corrected chi connectivity index (χ3v) is 5.53. The molecule has 1 aromatic rings. The van der Waals surface area contributed by atoms with E-state index in [4.69, 9.17) is 0 Å². The summed E-state index contributed by atoms with van der Waals surface area (Å²) >= 11 is 0. The summed E-state index contributed by atoms with van der Waals surface area (Å²) in [7, 11) is 0. The number of halogens is 2. The molecule has 1 unspecified atom stereocenters. The number of carbonyl (C=O) groups excluding carboxylic acids is 1. The highest BCUT2D eigenvalue weighted by molar-refractivity contribution is 5.82. The number of fused-ring (bicyclic) bond motifs is 1. The van der Waals surface area contributed by atoms with Gasteiger partial charge in [0.15, 0.2) is 0 Å². The van der Waals surface area contributed by atoms with Crippen molar-refractivity contribution in [2.24, 2.45) is 17.8 Å². The van der Waals surface area contributed by atoms with Gasteiger partial charge in [0, 0.05) is 38.2 Å². The molecule has 1 amide bonds. The molecular weight excluding hydrogens is 286 g/mol. The Bertz CT molecular complexity index is 588. The van der Waals surface area contributed by atoms with Crippen LogP contribution in [0.4, 0.5) is 14.5 Å². The van der Waals surface area contributed by atoms with Crippen molar-refractivity contribution < 1.29 is 13.6 Å². The van der Waals surface area contributed by atoms with Gasteiger partial charge in [-0.25, -0.2) is 8.78 Å². The molecule has 5 heteroatoms. The van der Waals surface area contributed by atoms with E-state index in [2.05, 4.69) is 0 Å². The zero-order chi connectivity index (χ0) is 15.3. The number of rotatable bonds is 2. The van der Waals surface area contributed by atoms with Gasteiger partial charge in [-0.3, -0.25) is 4.79 Å². The topological polar surface area (TPSA) is 23.6 Å². The van der Waals surface area contributed by atoms with Crippen LogP contribution in [0.2, 0.25) is 0 Å². The highest BCUT2D eigenvalue weighted by atomic mass is 19.1. The number of benzene rings is 1. The van der Waals surface area contributed by atoms with E-state index in [9.17, 15) is 13.6 Å². The van der Waals surface area contributed by atoms with Crippen LogP contribution < -0.4 is 4.90 Å². The minimum absolute atomic E-state index is 0.256. The predicted molar refractivity (Wildman–Crippen MR) is 79.5 cm³/mol.